The average molecular weight is 230 g/mol. The summed E-state index contributed by atoms with van der Waals surface area (Å²) in [6, 6.07) is 0.244. The zero-order valence-electron chi connectivity index (χ0n) is 10.1. The molecule has 0 aromatic carbocycles. The van der Waals surface area contributed by atoms with E-state index in [-0.39, 0.29) is 12.1 Å². The molecule has 0 aromatic heterocycles. The Labute approximate surface area is 96.9 Å². The molecule has 0 aliphatic heterocycles. The summed E-state index contributed by atoms with van der Waals surface area (Å²) >= 11 is 0. The Morgan fingerprint density at radius 3 is 2.62 bits per heavy atom. The topological polar surface area (TPSA) is 59.6 Å². The van der Waals surface area contributed by atoms with Crippen molar-refractivity contribution in [1.29, 1.82) is 0 Å². The van der Waals surface area contributed by atoms with E-state index >= 15 is 0 Å². The molecule has 94 valence electrons. The Morgan fingerprint density at radius 1 is 1.38 bits per heavy atom. The van der Waals surface area contributed by atoms with E-state index in [9.17, 15) is 4.79 Å². The van der Waals surface area contributed by atoms with Crippen LogP contribution >= 0.6 is 0 Å². The van der Waals surface area contributed by atoms with Crippen LogP contribution in [0.4, 0.5) is 4.79 Å². The van der Waals surface area contributed by atoms with Crippen molar-refractivity contribution in [2.45, 2.75) is 37.8 Å². The molecule has 0 saturated heterocycles. The molecule has 16 heavy (non-hydrogen) atoms. The van der Waals surface area contributed by atoms with E-state index in [1.807, 2.05) is 0 Å². The van der Waals surface area contributed by atoms with E-state index in [1.54, 1.807) is 14.2 Å². The first-order valence-corrected chi connectivity index (χ1v) is 5.82. The van der Waals surface area contributed by atoms with Crippen LogP contribution in [0.25, 0.3) is 0 Å². The van der Waals surface area contributed by atoms with E-state index < -0.39 is 0 Å². The number of rotatable bonds is 6. The highest BCUT2D eigenvalue weighted by Crippen LogP contribution is 2.17. The fourth-order valence-corrected chi connectivity index (χ4v) is 1.91. The molecular formula is C11H22N2O3. The number of carbonyl (C=O) groups excluding carboxylic acids is 1. The van der Waals surface area contributed by atoms with Gasteiger partial charge in [-0.05, 0) is 12.8 Å². The van der Waals surface area contributed by atoms with Gasteiger partial charge in [-0.3, -0.25) is 0 Å². The third kappa shape index (κ3) is 4.81. The zero-order chi connectivity index (χ0) is 11.8. The minimum absolute atomic E-state index is 0.0840. The van der Waals surface area contributed by atoms with Gasteiger partial charge in [-0.15, -0.1) is 0 Å². The summed E-state index contributed by atoms with van der Waals surface area (Å²) in [4.78, 5) is 11.5. The second-order valence-corrected chi connectivity index (χ2v) is 4.15. The zero-order valence-corrected chi connectivity index (χ0v) is 10.1. The van der Waals surface area contributed by atoms with Gasteiger partial charge >= 0.3 is 6.03 Å². The number of hydrogen-bond donors (Lipinski definition) is 2. The lowest BCUT2D eigenvalue weighted by Crippen LogP contribution is -2.44. The van der Waals surface area contributed by atoms with Crippen LogP contribution in [-0.2, 0) is 9.47 Å². The lowest BCUT2D eigenvalue weighted by Gasteiger charge is -2.17. The molecule has 0 bridgehead atoms. The number of ether oxygens (including phenoxy) is 2. The molecule has 2 amide bonds. The minimum atomic E-state index is -0.106. The van der Waals surface area contributed by atoms with Crippen LogP contribution in [-0.4, -0.2) is 45.5 Å². The number of urea groups is 1. The van der Waals surface area contributed by atoms with Crippen molar-refractivity contribution in [3.05, 3.63) is 0 Å². The summed E-state index contributed by atoms with van der Waals surface area (Å²) in [5, 5.41) is 5.74. The average Bonchev–Trinajstić information content (AvgIpc) is 2.76. The summed E-state index contributed by atoms with van der Waals surface area (Å²) in [6.45, 7) is 0.961. The van der Waals surface area contributed by atoms with Gasteiger partial charge in [0, 0.05) is 26.8 Å². The summed E-state index contributed by atoms with van der Waals surface area (Å²) in [6.07, 6.45) is 4.54. The number of methoxy groups -OCH3 is 2. The van der Waals surface area contributed by atoms with Gasteiger partial charge in [0.25, 0.3) is 0 Å². The number of carbonyl (C=O) groups is 1. The predicted molar refractivity (Wildman–Crippen MR) is 61.5 cm³/mol. The van der Waals surface area contributed by atoms with Crippen LogP contribution < -0.4 is 10.6 Å². The van der Waals surface area contributed by atoms with Crippen LogP contribution in [0, 0.1) is 0 Å². The Hall–Kier alpha value is -0.810. The first kappa shape index (κ1) is 13.3. The van der Waals surface area contributed by atoms with Crippen molar-refractivity contribution in [2.75, 3.05) is 27.4 Å². The van der Waals surface area contributed by atoms with Gasteiger partial charge in [-0.1, -0.05) is 12.8 Å². The fraction of sp³-hybridized carbons (Fsp3) is 0.909. The Balaban J connectivity index is 2.12. The number of hydrogen-bond acceptors (Lipinski definition) is 3. The van der Waals surface area contributed by atoms with Gasteiger partial charge in [0.1, 0.15) is 0 Å². The third-order valence-corrected chi connectivity index (χ3v) is 2.87. The van der Waals surface area contributed by atoms with Crippen molar-refractivity contribution in [3.63, 3.8) is 0 Å². The highest BCUT2D eigenvalue weighted by atomic mass is 16.5. The molecule has 2 N–H and O–H groups in total. The van der Waals surface area contributed by atoms with E-state index in [0.29, 0.717) is 19.2 Å². The molecule has 5 nitrogen and oxygen atoms in total. The Morgan fingerprint density at radius 2 is 2.06 bits per heavy atom. The normalized spacial score (nSPS) is 18.4. The maximum absolute atomic E-state index is 11.5. The van der Waals surface area contributed by atoms with E-state index in [2.05, 4.69) is 10.6 Å². The Kier molecular flexibility index (Phi) is 6.18. The minimum Gasteiger partial charge on any atom is -0.382 e. The molecule has 0 aromatic rings. The lowest BCUT2D eigenvalue weighted by molar-refractivity contribution is 0.0304. The van der Waals surface area contributed by atoms with E-state index in [1.165, 1.54) is 12.8 Å². The van der Waals surface area contributed by atoms with Gasteiger partial charge in [0.15, 0.2) is 0 Å². The van der Waals surface area contributed by atoms with Gasteiger partial charge in [0.05, 0.1) is 12.7 Å². The molecule has 0 heterocycles. The summed E-state index contributed by atoms with van der Waals surface area (Å²) < 4.78 is 10.1. The Bertz CT molecular complexity index is 205. The fourth-order valence-electron chi connectivity index (χ4n) is 1.91. The predicted octanol–water partition coefficient (Wildman–Crippen LogP) is 0.890. The van der Waals surface area contributed by atoms with Crippen LogP contribution in [0.2, 0.25) is 0 Å². The maximum atomic E-state index is 11.5. The van der Waals surface area contributed by atoms with Crippen molar-refractivity contribution >= 4 is 6.03 Å². The summed E-state index contributed by atoms with van der Waals surface area (Å²) in [5.74, 6) is 0. The molecule has 0 radical (unpaired) electrons. The van der Waals surface area contributed by atoms with Gasteiger partial charge in [0.2, 0.25) is 0 Å². The third-order valence-electron chi connectivity index (χ3n) is 2.87. The maximum Gasteiger partial charge on any atom is 0.315 e. The van der Waals surface area contributed by atoms with E-state index in [4.69, 9.17) is 9.47 Å². The van der Waals surface area contributed by atoms with Crippen molar-refractivity contribution < 1.29 is 14.3 Å². The molecule has 1 aliphatic rings. The highest BCUT2D eigenvalue weighted by Gasteiger charge is 2.17. The molecular weight excluding hydrogens is 208 g/mol. The second kappa shape index (κ2) is 7.46. The molecule has 1 atom stereocenters. The van der Waals surface area contributed by atoms with Crippen molar-refractivity contribution in [3.8, 4) is 0 Å². The SMILES string of the molecule is COCC(CNC(=O)NC1CCCC1)OC. The van der Waals surface area contributed by atoms with Crippen LogP contribution in [0.3, 0.4) is 0 Å². The van der Waals surface area contributed by atoms with Crippen LogP contribution in [0.5, 0.6) is 0 Å². The second-order valence-electron chi connectivity index (χ2n) is 4.15. The quantitative estimate of drug-likeness (QED) is 0.712. The highest BCUT2D eigenvalue weighted by molar-refractivity contribution is 5.74. The first-order valence-electron chi connectivity index (χ1n) is 5.82. The molecule has 0 spiro atoms. The van der Waals surface area contributed by atoms with Gasteiger partial charge in [-0.2, -0.15) is 0 Å². The summed E-state index contributed by atoms with van der Waals surface area (Å²) in [7, 11) is 3.23. The van der Waals surface area contributed by atoms with Crippen molar-refractivity contribution in [1.82, 2.24) is 10.6 Å². The lowest BCUT2D eigenvalue weighted by atomic mass is 10.2. The van der Waals surface area contributed by atoms with Crippen LogP contribution in [0.15, 0.2) is 0 Å². The monoisotopic (exact) mass is 230 g/mol. The van der Waals surface area contributed by atoms with E-state index in [0.717, 1.165) is 12.8 Å². The number of amides is 2. The van der Waals surface area contributed by atoms with Crippen LogP contribution in [0.1, 0.15) is 25.7 Å². The van der Waals surface area contributed by atoms with Gasteiger partial charge < -0.3 is 20.1 Å². The molecule has 1 saturated carbocycles. The number of nitrogens with one attached hydrogen (secondary N) is 2. The largest absolute Gasteiger partial charge is 0.382 e. The summed E-state index contributed by atoms with van der Waals surface area (Å²) in [5.41, 5.74) is 0. The van der Waals surface area contributed by atoms with Gasteiger partial charge in [-0.25, -0.2) is 4.79 Å². The standard InChI is InChI=1S/C11H22N2O3/c1-15-8-10(16-2)7-12-11(14)13-9-5-3-4-6-9/h9-10H,3-8H2,1-2H3,(H2,12,13,14). The molecule has 5 heteroatoms. The van der Waals surface area contributed by atoms with Crippen molar-refractivity contribution in [2.24, 2.45) is 0 Å². The molecule has 1 aliphatic carbocycles. The smallest absolute Gasteiger partial charge is 0.315 e. The molecule has 1 fully saturated rings. The molecule has 1 unspecified atom stereocenters. The first-order chi connectivity index (χ1) is 7.76. The molecule has 1 rings (SSSR count).